The zero-order chi connectivity index (χ0) is 16.5. The lowest BCUT2D eigenvalue weighted by molar-refractivity contribution is 0.622. The fraction of sp³-hybridized carbons (Fsp3) is 0.389. The molecule has 24 heavy (non-hydrogen) atoms. The molecule has 0 aliphatic carbocycles. The second kappa shape index (κ2) is 6.11. The van der Waals surface area contributed by atoms with Crippen molar-refractivity contribution in [1.29, 1.82) is 0 Å². The van der Waals surface area contributed by atoms with Gasteiger partial charge in [-0.25, -0.2) is 0 Å². The topological polar surface area (TPSA) is 58.4 Å². The quantitative estimate of drug-likeness (QED) is 0.800. The Labute approximate surface area is 141 Å². The van der Waals surface area contributed by atoms with Crippen LogP contribution in [0.5, 0.6) is 0 Å². The first-order chi connectivity index (χ1) is 11.7. The Bertz CT molecular complexity index is 838. The molecule has 0 saturated carbocycles. The Morgan fingerprint density at radius 2 is 2.04 bits per heavy atom. The third kappa shape index (κ3) is 2.91. The molecule has 1 unspecified atom stereocenters. The molecule has 0 radical (unpaired) electrons. The molecule has 1 aliphatic rings. The molecule has 0 amide bonds. The van der Waals surface area contributed by atoms with Crippen LogP contribution in [-0.4, -0.2) is 39.4 Å². The first kappa shape index (κ1) is 14.9. The standard InChI is InChI=1S/C18H22N6/c1-13-3-5-16(6-4-13)23-8-7-15(11-23)10-19-17-9-14(2)22-24-12-20-21-18(17)24/h3-6,9,12,15,19H,7-8,10-11H2,1-2H3. The van der Waals surface area contributed by atoms with Crippen molar-refractivity contribution in [2.24, 2.45) is 5.92 Å². The van der Waals surface area contributed by atoms with Crippen molar-refractivity contribution in [3.63, 3.8) is 0 Å². The van der Waals surface area contributed by atoms with Gasteiger partial charge in [0.1, 0.15) is 6.33 Å². The van der Waals surface area contributed by atoms with Crippen LogP contribution >= 0.6 is 0 Å². The number of nitrogens with zero attached hydrogens (tertiary/aromatic N) is 5. The fourth-order valence-electron chi connectivity index (χ4n) is 3.33. The van der Waals surface area contributed by atoms with E-state index in [4.69, 9.17) is 0 Å². The minimum atomic E-state index is 0.628. The molecule has 2 aromatic heterocycles. The predicted molar refractivity (Wildman–Crippen MR) is 95.5 cm³/mol. The summed E-state index contributed by atoms with van der Waals surface area (Å²) in [6, 6.07) is 10.8. The first-order valence-electron chi connectivity index (χ1n) is 8.42. The Hall–Kier alpha value is -2.63. The normalized spacial score (nSPS) is 17.6. The van der Waals surface area contributed by atoms with Crippen molar-refractivity contribution in [2.45, 2.75) is 20.3 Å². The van der Waals surface area contributed by atoms with Gasteiger partial charge in [-0.1, -0.05) is 17.7 Å². The summed E-state index contributed by atoms with van der Waals surface area (Å²) in [7, 11) is 0. The van der Waals surface area contributed by atoms with Crippen LogP contribution < -0.4 is 10.2 Å². The van der Waals surface area contributed by atoms with Crippen molar-refractivity contribution in [2.75, 3.05) is 29.9 Å². The summed E-state index contributed by atoms with van der Waals surface area (Å²) >= 11 is 0. The first-order valence-corrected chi connectivity index (χ1v) is 8.42. The van der Waals surface area contributed by atoms with E-state index in [1.165, 1.54) is 17.7 Å². The summed E-state index contributed by atoms with van der Waals surface area (Å²) < 4.78 is 1.73. The lowest BCUT2D eigenvalue weighted by Gasteiger charge is -2.19. The zero-order valence-corrected chi connectivity index (χ0v) is 14.1. The number of benzene rings is 1. The van der Waals surface area contributed by atoms with E-state index in [2.05, 4.69) is 56.7 Å². The molecule has 0 spiro atoms. The predicted octanol–water partition coefficient (Wildman–Crippen LogP) is 2.68. The van der Waals surface area contributed by atoms with Gasteiger partial charge < -0.3 is 10.2 Å². The van der Waals surface area contributed by atoms with Gasteiger partial charge in [0, 0.05) is 25.3 Å². The molecular formula is C18H22N6. The number of nitrogens with one attached hydrogen (secondary N) is 1. The van der Waals surface area contributed by atoms with Gasteiger partial charge in [-0.3, -0.25) is 0 Å². The van der Waals surface area contributed by atoms with E-state index in [9.17, 15) is 0 Å². The van der Waals surface area contributed by atoms with Gasteiger partial charge in [-0.05, 0) is 44.4 Å². The van der Waals surface area contributed by atoms with Gasteiger partial charge in [0.25, 0.3) is 0 Å². The van der Waals surface area contributed by atoms with Crippen LogP contribution in [0.15, 0.2) is 36.7 Å². The van der Waals surface area contributed by atoms with E-state index in [-0.39, 0.29) is 0 Å². The molecule has 6 heteroatoms. The van der Waals surface area contributed by atoms with Crippen molar-refractivity contribution < 1.29 is 0 Å². The van der Waals surface area contributed by atoms with Crippen molar-refractivity contribution >= 4 is 17.0 Å². The highest BCUT2D eigenvalue weighted by Crippen LogP contribution is 2.25. The number of hydrogen-bond acceptors (Lipinski definition) is 5. The maximum Gasteiger partial charge on any atom is 0.200 e. The Morgan fingerprint density at radius 3 is 2.88 bits per heavy atom. The molecule has 1 fully saturated rings. The van der Waals surface area contributed by atoms with Gasteiger partial charge in [0.05, 0.1) is 11.4 Å². The van der Waals surface area contributed by atoms with Gasteiger partial charge in [0.2, 0.25) is 5.65 Å². The minimum Gasteiger partial charge on any atom is -0.382 e. The fourth-order valence-corrected chi connectivity index (χ4v) is 3.33. The summed E-state index contributed by atoms with van der Waals surface area (Å²) in [5.41, 5.74) is 5.38. The Morgan fingerprint density at radius 1 is 1.21 bits per heavy atom. The molecule has 3 aromatic rings. The summed E-state index contributed by atoms with van der Waals surface area (Å²) in [6.45, 7) is 7.25. The average Bonchev–Trinajstić information content (AvgIpc) is 3.22. The maximum atomic E-state index is 4.38. The van der Waals surface area contributed by atoms with Gasteiger partial charge >= 0.3 is 0 Å². The van der Waals surface area contributed by atoms with E-state index in [0.717, 1.165) is 36.7 Å². The van der Waals surface area contributed by atoms with E-state index < -0.39 is 0 Å². The zero-order valence-electron chi connectivity index (χ0n) is 14.1. The second-order valence-electron chi connectivity index (χ2n) is 6.62. The molecule has 124 valence electrons. The van der Waals surface area contributed by atoms with Crippen LogP contribution in [0.25, 0.3) is 5.65 Å². The van der Waals surface area contributed by atoms with E-state index in [0.29, 0.717) is 5.92 Å². The van der Waals surface area contributed by atoms with E-state index in [1.54, 1.807) is 10.8 Å². The van der Waals surface area contributed by atoms with Crippen LogP contribution in [0.4, 0.5) is 11.4 Å². The van der Waals surface area contributed by atoms with Crippen molar-refractivity contribution in [1.82, 2.24) is 19.8 Å². The van der Waals surface area contributed by atoms with E-state index in [1.807, 2.05) is 13.0 Å². The lowest BCUT2D eigenvalue weighted by atomic mass is 10.1. The van der Waals surface area contributed by atoms with Crippen LogP contribution in [0.1, 0.15) is 17.7 Å². The average molecular weight is 322 g/mol. The third-order valence-corrected chi connectivity index (χ3v) is 4.66. The number of anilines is 2. The smallest absolute Gasteiger partial charge is 0.200 e. The Kier molecular flexibility index (Phi) is 3.80. The summed E-state index contributed by atoms with van der Waals surface area (Å²) in [4.78, 5) is 2.47. The molecule has 1 N–H and O–H groups in total. The largest absolute Gasteiger partial charge is 0.382 e. The lowest BCUT2D eigenvalue weighted by Crippen LogP contribution is -2.22. The molecule has 1 atom stereocenters. The highest BCUT2D eigenvalue weighted by Gasteiger charge is 2.22. The number of aryl methyl sites for hydroxylation is 2. The summed E-state index contributed by atoms with van der Waals surface area (Å²) in [5, 5.41) is 16.0. The van der Waals surface area contributed by atoms with Crippen LogP contribution in [0.3, 0.4) is 0 Å². The monoisotopic (exact) mass is 322 g/mol. The summed E-state index contributed by atoms with van der Waals surface area (Å²) in [5.74, 6) is 0.628. The number of rotatable bonds is 4. The van der Waals surface area contributed by atoms with Gasteiger partial charge in [0.15, 0.2) is 0 Å². The molecule has 0 bridgehead atoms. The van der Waals surface area contributed by atoms with Gasteiger partial charge in [-0.2, -0.15) is 9.61 Å². The molecule has 1 aliphatic heterocycles. The molecule has 6 nitrogen and oxygen atoms in total. The SMILES string of the molecule is Cc1ccc(N2CCC(CNc3cc(C)nn4cnnc34)C2)cc1. The minimum absolute atomic E-state index is 0.628. The molecule has 3 heterocycles. The number of hydrogen-bond donors (Lipinski definition) is 1. The number of aromatic nitrogens is 4. The molecule has 1 saturated heterocycles. The van der Waals surface area contributed by atoms with Gasteiger partial charge in [-0.15, -0.1) is 10.2 Å². The van der Waals surface area contributed by atoms with Crippen molar-refractivity contribution in [3.8, 4) is 0 Å². The molecule has 4 rings (SSSR count). The van der Waals surface area contributed by atoms with E-state index >= 15 is 0 Å². The van der Waals surface area contributed by atoms with Crippen LogP contribution in [0.2, 0.25) is 0 Å². The maximum absolute atomic E-state index is 4.38. The second-order valence-corrected chi connectivity index (χ2v) is 6.62. The van der Waals surface area contributed by atoms with Crippen LogP contribution in [0, 0.1) is 19.8 Å². The summed E-state index contributed by atoms with van der Waals surface area (Å²) in [6.07, 6.45) is 2.84. The van der Waals surface area contributed by atoms with Crippen LogP contribution in [-0.2, 0) is 0 Å². The molecule has 1 aromatic carbocycles. The highest BCUT2D eigenvalue weighted by atomic mass is 15.3. The number of fused-ring (bicyclic) bond motifs is 1. The highest BCUT2D eigenvalue weighted by molar-refractivity contribution is 5.66. The molecular weight excluding hydrogens is 300 g/mol. The van der Waals surface area contributed by atoms with Crippen molar-refractivity contribution in [3.05, 3.63) is 47.9 Å². The Balaban J connectivity index is 1.41. The third-order valence-electron chi connectivity index (χ3n) is 4.66.